The Balaban J connectivity index is 0.00000361. The van der Waals surface area contributed by atoms with Crippen molar-refractivity contribution in [1.82, 2.24) is 0 Å². The summed E-state index contributed by atoms with van der Waals surface area (Å²) >= 11 is 0. The third kappa shape index (κ3) is 5.72. The molecule has 1 aromatic rings. The van der Waals surface area contributed by atoms with Crippen LogP contribution >= 0.6 is 12.4 Å². The van der Waals surface area contributed by atoms with Crippen molar-refractivity contribution in [3.63, 3.8) is 0 Å². The summed E-state index contributed by atoms with van der Waals surface area (Å²) in [5, 5.41) is 9.13. The normalized spacial score (nSPS) is 11.8. The minimum absolute atomic E-state index is 0. The number of hydrogen-bond donors (Lipinski definition) is 2. The zero-order valence-electron chi connectivity index (χ0n) is 11.8. The smallest absolute Gasteiger partial charge is 0.307 e. The van der Waals surface area contributed by atoms with Crippen LogP contribution in [0.25, 0.3) is 0 Å². The summed E-state index contributed by atoms with van der Waals surface area (Å²) in [5.74, 6) is -1.41. The van der Waals surface area contributed by atoms with E-state index in [-0.39, 0.29) is 31.2 Å². The molecule has 1 rings (SSSR count). The van der Waals surface area contributed by atoms with Gasteiger partial charge in [-0.2, -0.15) is 0 Å². The van der Waals surface area contributed by atoms with Crippen LogP contribution < -0.4 is 5.73 Å². The number of aliphatic carboxylic acids is 1. The quantitative estimate of drug-likeness (QED) is 0.810. The lowest BCUT2D eigenvalue weighted by Gasteiger charge is -2.12. The first-order valence-electron chi connectivity index (χ1n) is 6.47. The lowest BCUT2D eigenvalue weighted by atomic mass is 9.93. The molecular weight excluding hydrogens is 278 g/mol. The number of benzene rings is 1. The van der Waals surface area contributed by atoms with E-state index in [2.05, 4.69) is 13.8 Å². The molecule has 20 heavy (non-hydrogen) atoms. The van der Waals surface area contributed by atoms with Crippen molar-refractivity contribution in [2.75, 3.05) is 6.54 Å². The Morgan fingerprint density at radius 3 is 2.15 bits per heavy atom. The van der Waals surface area contributed by atoms with Crippen molar-refractivity contribution in [1.29, 1.82) is 0 Å². The molecule has 1 atom stereocenters. The zero-order chi connectivity index (χ0) is 14.4. The Labute approximate surface area is 125 Å². The van der Waals surface area contributed by atoms with Crippen molar-refractivity contribution < 1.29 is 14.7 Å². The summed E-state index contributed by atoms with van der Waals surface area (Å²) in [7, 11) is 0. The van der Waals surface area contributed by atoms with Crippen molar-refractivity contribution in [2.24, 2.45) is 11.7 Å². The number of carboxylic acids is 1. The first-order chi connectivity index (χ1) is 8.93. The summed E-state index contributed by atoms with van der Waals surface area (Å²) in [6.45, 7) is 4.11. The number of hydrogen-bond acceptors (Lipinski definition) is 3. The molecule has 3 N–H and O–H groups in total. The molecule has 1 aromatic carbocycles. The molecule has 0 amide bonds. The monoisotopic (exact) mass is 299 g/mol. The number of Topliss-reactive ketones (excluding diaryl/α,β-unsaturated/α-hetero) is 1. The molecule has 0 heterocycles. The van der Waals surface area contributed by atoms with Crippen LogP contribution in [0.3, 0.4) is 0 Å². The van der Waals surface area contributed by atoms with Crippen molar-refractivity contribution in [2.45, 2.75) is 32.6 Å². The van der Waals surface area contributed by atoms with E-state index in [4.69, 9.17) is 10.8 Å². The second-order valence-electron chi connectivity index (χ2n) is 5.08. The molecular formula is C15H22ClNO3. The molecule has 0 spiro atoms. The zero-order valence-corrected chi connectivity index (χ0v) is 12.7. The van der Waals surface area contributed by atoms with Gasteiger partial charge in [0.05, 0.1) is 12.5 Å². The molecule has 0 fully saturated rings. The Bertz CT molecular complexity index is 443. The van der Waals surface area contributed by atoms with Gasteiger partial charge in [0.25, 0.3) is 0 Å². The fourth-order valence-electron chi connectivity index (χ4n) is 1.93. The van der Waals surface area contributed by atoms with E-state index < -0.39 is 11.9 Å². The van der Waals surface area contributed by atoms with Gasteiger partial charge in [-0.3, -0.25) is 9.59 Å². The number of carbonyl (C=O) groups is 2. The Morgan fingerprint density at radius 1 is 1.20 bits per heavy atom. The van der Waals surface area contributed by atoms with Crippen LogP contribution in [-0.4, -0.2) is 23.4 Å². The van der Waals surface area contributed by atoms with Crippen molar-refractivity contribution >= 4 is 24.2 Å². The lowest BCUT2D eigenvalue weighted by Crippen LogP contribution is -2.24. The lowest BCUT2D eigenvalue weighted by molar-refractivity contribution is -0.143. The Morgan fingerprint density at radius 2 is 1.75 bits per heavy atom. The molecule has 0 aromatic heterocycles. The van der Waals surface area contributed by atoms with Gasteiger partial charge < -0.3 is 10.8 Å². The number of carbonyl (C=O) groups excluding carboxylic acids is 1. The van der Waals surface area contributed by atoms with E-state index >= 15 is 0 Å². The van der Waals surface area contributed by atoms with Gasteiger partial charge in [0.2, 0.25) is 0 Å². The SMILES string of the molecule is CC(C)c1ccc(CC(CC(=O)CN)C(=O)O)cc1.Cl. The molecule has 112 valence electrons. The summed E-state index contributed by atoms with van der Waals surface area (Å²) in [4.78, 5) is 22.4. The molecule has 0 aliphatic carbocycles. The average Bonchev–Trinajstić information content (AvgIpc) is 2.38. The van der Waals surface area contributed by atoms with Crippen LogP contribution in [0.4, 0.5) is 0 Å². The van der Waals surface area contributed by atoms with Gasteiger partial charge in [0, 0.05) is 6.42 Å². The molecule has 0 radical (unpaired) electrons. The van der Waals surface area contributed by atoms with Gasteiger partial charge in [-0.15, -0.1) is 12.4 Å². The van der Waals surface area contributed by atoms with Crippen molar-refractivity contribution in [3.8, 4) is 0 Å². The predicted octanol–water partition coefficient (Wildman–Crippen LogP) is 2.39. The maximum absolute atomic E-state index is 11.3. The minimum Gasteiger partial charge on any atom is -0.481 e. The van der Waals surface area contributed by atoms with E-state index in [1.165, 1.54) is 5.56 Å². The van der Waals surface area contributed by atoms with Crippen LogP contribution in [0, 0.1) is 5.92 Å². The maximum atomic E-state index is 11.3. The summed E-state index contributed by atoms with van der Waals surface area (Å²) < 4.78 is 0. The number of halogens is 1. The number of nitrogens with two attached hydrogens (primary N) is 1. The van der Waals surface area contributed by atoms with Crippen LogP contribution in [0.15, 0.2) is 24.3 Å². The van der Waals surface area contributed by atoms with Gasteiger partial charge >= 0.3 is 5.97 Å². The molecule has 4 nitrogen and oxygen atoms in total. The predicted molar refractivity (Wildman–Crippen MR) is 81.3 cm³/mol. The van der Waals surface area contributed by atoms with E-state index in [0.29, 0.717) is 12.3 Å². The first-order valence-corrected chi connectivity index (χ1v) is 6.47. The second-order valence-corrected chi connectivity index (χ2v) is 5.08. The standard InChI is InChI=1S/C15H21NO3.ClH/c1-10(2)12-5-3-11(4-6-12)7-13(15(18)19)8-14(17)9-16;/h3-6,10,13H,7-9,16H2,1-2H3,(H,18,19);1H. The van der Waals surface area contributed by atoms with Crippen LogP contribution in [0.5, 0.6) is 0 Å². The van der Waals surface area contributed by atoms with Crippen LogP contribution in [0.2, 0.25) is 0 Å². The highest BCUT2D eigenvalue weighted by Crippen LogP contribution is 2.18. The van der Waals surface area contributed by atoms with Crippen LogP contribution in [-0.2, 0) is 16.0 Å². The molecule has 0 aliphatic rings. The minimum atomic E-state index is -0.949. The van der Waals surface area contributed by atoms with Gasteiger partial charge in [-0.1, -0.05) is 38.1 Å². The fraction of sp³-hybridized carbons (Fsp3) is 0.467. The summed E-state index contributed by atoms with van der Waals surface area (Å²) in [6.07, 6.45) is 0.358. The van der Waals surface area contributed by atoms with Gasteiger partial charge in [0.15, 0.2) is 0 Å². The largest absolute Gasteiger partial charge is 0.481 e. The maximum Gasteiger partial charge on any atom is 0.307 e. The fourth-order valence-corrected chi connectivity index (χ4v) is 1.93. The molecule has 0 saturated heterocycles. The highest BCUT2D eigenvalue weighted by molar-refractivity contribution is 5.85. The number of ketones is 1. The van der Waals surface area contributed by atoms with E-state index in [9.17, 15) is 9.59 Å². The Hall–Kier alpha value is -1.39. The van der Waals surface area contributed by atoms with E-state index in [0.717, 1.165) is 5.56 Å². The molecule has 0 bridgehead atoms. The third-order valence-corrected chi connectivity index (χ3v) is 3.18. The number of carboxylic acid groups (broad SMARTS) is 1. The second kappa shape index (κ2) is 8.72. The first kappa shape index (κ1) is 18.6. The molecule has 1 unspecified atom stereocenters. The van der Waals surface area contributed by atoms with Gasteiger partial charge in [-0.05, 0) is 23.5 Å². The van der Waals surface area contributed by atoms with Crippen molar-refractivity contribution in [3.05, 3.63) is 35.4 Å². The third-order valence-electron chi connectivity index (χ3n) is 3.18. The summed E-state index contributed by atoms with van der Waals surface area (Å²) in [6, 6.07) is 7.86. The van der Waals surface area contributed by atoms with Gasteiger partial charge in [0.1, 0.15) is 5.78 Å². The topological polar surface area (TPSA) is 80.4 Å². The molecule has 5 heteroatoms. The molecule has 0 saturated carbocycles. The highest BCUT2D eigenvalue weighted by atomic mass is 35.5. The summed E-state index contributed by atoms with van der Waals surface area (Å²) in [5.41, 5.74) is 7.37. The van der Waals surface area contributed by atoms with E-state index in [1.54, 1.807) is 0 Å². The van der Waals surface area contributed by atoms with E-state index in [1.807, 2.05) is 24.3 Å². The Kier molecular flexibility index (Phi) is 8.11. The average molecular weight is 300 g/mol. The number of rotatable bonds is 7. The highest BCUT2D eigenvalue weighted by Gasteiger charge is 2.21. The van der Waals surface area contributed by atoms with Gasteiger partial charge in [-0.25, -0.2) is 0 Å². The molecule has 0 aliphatic heterocycles. The van der Waals surface area contributed by atoms with Crippen LogP contribution in [0.1, 0.15) is 37.3 Å².